The van der Waals surface area contributed by atoms with Crippen molar-refractivity contribution in [3.63, 3.8) is 0 Å². The summed E-state index contributed by atoms with van der Waals surface area (Å²) in [5, 5.41) is 0. The average Bonchev–Trinajstić information content (AvgIpc) is 3.41. The Balaban J connectivity index is 1.32. The second-order valence-corrected chi connectivity index (χ2v) is 22.0. The molecule has 0 N–H and O–H groups in total. The lowest BCUT2D eigenvalue weighted by Crippen LogP contribution is -2.61. The molecule has 0 bridgehead atoms. The number of rotatable bonds is 4. The summed E-state index contributed by atoms with van der Waals surface area (Å²) in [6, 6.07) is 53.7. The molecule has 2 heterocycles. The maximum Gasteiger partial charge on any atom is 0.252 e. The van der Waals surface area contributed by atoms with E-state index in [1.807, 2.05) is 0 Å². The van der Waals surface area contributed by atoms with E-state index in [9.17, 15) is 0 Å². The summed E-state index contributed by atoms with van der Waals surface area (Å²) in [5.41, 5.74) is 24.9. The van der Waals surface area contributed by atoms with Gasteiger partial charge in [-0.3, -0.25) is 0 Å². The first-order valence-electron chi connectivity index (χ1n) is 22.8. The lowest BCUT2D eigenvalue weighted by atomic mass is 9.33. The molecule has 3 aliphatic rings. The summed E-state index contributed by atoms with van der Waals surface area (Å²) in [7, 11) is 0. The van der Waals surface area contributed by atoms with Crippen LogP contribution in [-0.4, -0.2) is 6.71 Å². The molecule has 7 aromatic carbocycles. The van der Waals surface area contributed by atoms with Crippen LogP contribution in [0, 0.1) is 13.8 Å². The van der Waals surface area contributed by atoms with Crippen LogP contribution in [0.2, 0.25) is 0 Å². The van der Waals surface area contributed by atoms with Gasteiger partial charge in [0, 0.05) is 34.0 Å². The summed E-state index contributed by atoms with van der Waals surface area (Å²) in [4.78, 5) is 5.26. The Morgan fingerprint density at radius 2 is 0.968 bits per heavy atom. The molecular weight excluding hydrogens is 747 g/mol. The first-order valence-corrected chi connectivity index (χ1v) is 22.8. The molecule has 0 atom stereocenters. The van der Waals surface area contributed by atoms with Gasteiger partial charge in [-0.2, -0.15) is 0 Å². The van der Waals surface area contributed by atoms with Gasteiger partial charge in [0.1, 0.15) is 0 Å². The molecule has 0 unspecified atom stereocenters. The monoisotopic (exact) mass is 808 g/mol. The van der Waals surface area contributed by atoms with Gasteiger partial charge in [0.2, 0.25) is 0 Å². The van der Waals surface area contributed by atoms with Crippen LogP contribution in [0.5, 0.6) is 0 Å². The molecule has 0 fully saturated rings. The topological polar surface area (TPSA) is 6.48 Å². The maximum absolute atomic E-state index is 2.66. The second-order valence-electron chi connectivity index (χ2n) is 22.0. The predicted octanol–water partition coefficient (Wildman–Crippen LogP) is 14.3. The predicted molar refractivity (Wildman–Crippen MR) is 269 cm³/mol. The number of hydrogen-bond acceptors (Lipinski definition) is 2. The zero-order chi connectivity index (χ0) is 43.7. The van der Waals surface area contributed by atoms with Crippen LogP contribution in [0.3, 0.4) is 0 Å². The Hall–Kier alpha value is -5.80. The molecule has 0 saturated carbocycles. The van der Waals surface area contributed by atoms with Crippen molar-refractivity contribution in [2.75, 3.05) is 9.80 Å². The SMILES string of the molecule is Cc1cc2c3c(c1)N(c1ccc(C(C)(C)C)cc1-c1ccccc1)c1cc4c(cc1B3c1cc(C(C)(C)C)ccc1N2c1ccc(-c2ccccc2)cc1C)C(C)(C)CC4(C)C. The van der Waals surface area contributed by atoms with E-state index in [0.29, 0.717) is 0 Å². The lowest BCUT2D eigenvalue weighted by molar-refractivity contribution is 0.403. The van der Waals surface area contributed by atoms with Gasteiger partial charge in [-0.1, -0.05) is 160 Å². The van der Waals surface area contributed by atoms with Gasteiger partial charge < -0.3 is 9.80 Å². The summed E-state index contributed by atoms with van der Waals surface area (Å²) < 4.78 is 0. The molecule has 62 heavy (non-hydrogen) atoms. The third kappa shape index (κ3) is 6.37. The maximum atomic E-state index is 2.66. The van der Waals surface area contributed by atoms with E-state index in [4.69, 9.17) is 0 Å². The van der Waals surface area contributed by atoms with Gasteiger partial charge in [0.15, 0.2) is 0 Å². The molecule has 2 nitrogen and oxygen atoms in total. The van der Waals surface area contributed by atoms with Crippen molar-refractivity contribution in [3.8, 4) is 22.3 Å². The van der Waals surface area contributed by atoms with Crippen molar-refractivity contribution < 1.29 is 0 Å². The van der Waals surface area contributed by atoms with Crippen molar-refractivity contribution in [3.05, 3.63) is 173 Å². The Bertz CT molecular complexity index is 2920. The van der Waals surface area contributed by atoms with Crippen LogP contribution in [0.15, 0.2) is 140 Å². The number of anilines is 6. The quantitative estimate of drug-likeness (QED) is 0.163. The van der Waals surface area contributed by atoms with Gasteiger partial charge in [-0.05, 0) is 157 Å². The van der Waals surface area contributed by atoms with E-state index >= 15 is 0 Å². The van der Waals surface area contributed by atoms with Crippen LogP contribution < -0.4 is 26.2 Å². The van der Waals surface area contributed by atoms with Gasteiger partial charge in [-0.15, -0.1) is 0 Å². The van der Waals surface area contributed by atoms with E-state index in [-0.39, 0.29) is 28.4 Å². The molecule has 0 radical (unpaired) electrons. The highest BCUT2D eigenvalue weighted by Crippen LogP contribution is 2.54. The van der Waals surface area contributed by atoms with Crippen LogP contribution in [0.1, 0.15) is 109 Å². The molecule has 310 valence electrons. The van der Waals surface area contributed by atoms with Gasteiger partial charge in [0.05, 0.1) is 5.69 Å². The third-order valence-corrected chi connectivity index (χ3v) is 14.3. The normalized spacial score (nSPS) is 15.8. The highest BCUT2D eigenvalue weighted by atomic mass is 15.2. The molecule has 1 aliphatic carbocycles. The van der Waals surface area contributed by atoms with E-state index in [1.54, 1.807) is 0 Å². The fourth-order valence-electron chi connectivity index (χ4n) is 11.3. The van der Waals surface area contributed by atoms with Crippen LogP contribution in [0.25, 0.3) is 22.3 Å². The molecule has 3 heteroatoms. The highest BCUT2D eigenvalue weighted by Gasteiger charge is 2.48. The first-order chi connectivity index (χ1) is 29.3. The van der Waals surface area contributed by atoms with Crippen LogP contribution in [-0.2, 0) is 21.7 Å². The van der Waals surface area contributed by atoms with E-state index < -0.39 is 0 Å². The molecule has 0 saturated heterocycles. The summed E-state index contributed by atoms with van der Waals surface area (Å²) in [6.07, 6.45) is 1.12. The number of aryl methyl sites for hydroxylation is 2. The summed E-state index contributed by atoms with van der Waals surface area (Å²) in [6.45, 7) is 28.5. The molecule has 2 aliphatic heterocycles. The zero-order valence-electron chi connectivity index (χ0n) is 39.0. The van der Waals surface area contributed by atoms with Crippen molar-refractivity contribution in [2.45, 2.75) is 111 Å². The molecule has 7 aromatic rings. The van der Waals surface area contributed by atoms with Crippen LogP contribution >= 0.6 is 0 Å². The zero-order valence-corrected chi connectivity index (χ0v) is 39.0. The Labute approximate surface area is 371 Å². The fraction of sp³-hybridized carbons (Fsp3) is 0.288. The minimum atomic E-state index is -0.0175. The van der Waals surface area contributed by atoms with Crippen molar-refractivity contribution in [2.24, 2.45) is 0 Å². The molecule has 0 amide bonds. The van der Waals surface area contributed by atoms with E-state index in [1.165, 1.54) is 106 Å². The van der Waals surface area contributed by atoms with Crippen molar-refractivity contribution in [1.29, 1.82) is 0 Å². The minimum Gasteiger partial charge on any atom is -0.311 e. The smallest absolute Gasteiger partial charge is 0.252 e. The largest absolute Gasteiger partial charge is 0.311 e. The average molecular weight is 809 g/mol. The second kappa shape index (κ2) is 13.9. The summed E-state index contributed by atoms with van der Waals surface area (Å²) >= 11 is 0. The number of nitrogens with zero attached hydrogens (tertiary/aromatic N) is 2. The number of benzene rings is 7. The van der Waals surface area contributed by atoms with Crippen molar-refractivity contribution in [1.82, 2.24) is 0 Å². The standard InChI is InChI=1S/C59H61BN2/c1-37-29-53-55-54(30-37)62(50-27-24-42(56(3,4)5)32-44(50)40-21-17-14-18-22-40)52-35-46-45(58(9,10)36-59(46,11)12)34-48(52)60(55)47-33-43(57(6,7)8)25-28-51(47)61(53)49-26-23-41(31-38(49)2)39-19-15-13-16-20-39/h13-35H,36H2,1-12H3. The Kier molecular flexibility index (Phi) is 9.00. The molecule has 0 aromatic heterocycles. The van der Waals surface area contributed by atoms with E-state index in [0.717, 1.165) is 6.42 Å². The molecule has 10 rings (SSSR count). The Morgan fingerprint density at radius 1 is 0.452 bits per heavy atom. The highest BCUT2D eigenvalue weighted by molar-refractivity contribution is 7.00. The van der Waals surface area contributed by atoms with Gasteiger partial charge in [0.25, 0.3) is 6.71 Å². The van der Waals surface area contributed by atoms with E-state index in [2.05, 4.69) is 232 Å². The van der Waals surface area contributed by atoms with Gasteiger partial charge in [-0.25, -0.2) is 0 Å². The Morgan fingerprint density at radius 3 is 1.56 bits per heavy atom. The van der Waals surface area contributed by atoms with Crippen LogP contribution in [0.4, 0.5) is 34.1 Å². The lowest BCUT2D eigenvalue weighted by Gasteiger charge is -2.46. The number of hydrogen-bond donors (Lipinski definition) is 0. The minimum absolute atomic E-state index is 0.00517. The first kappa shape index (κ1) is 40.3. The third-order valence-electron chi connectivity index (χ3n) is 14.3. The number of fused-ring (bicyclic) bond motifs is 5. The van der Waals surface area contributed by atoms with Gasteiger partial charge >= 0.3 is 0 Å². The molecular formula is C59H61BN2. The fourth-order valence-corrected chi connectivity index (χ4v) is 11.3. The summed E-state index contributed by atoms with van der Waals surface area (Å²) in [5.74, 6) is 0. The van der Waals surface area contributed by atoms with Crippen molar-refractivity contribution >= 4 is 57.2 Å². The molecule has 0 spiro atoms.